The van der Waals surface area contributed by atoms with Gasteiger partial charge in [0.15, 0.2) is 0 Å². The molecule has 0 radical (unpaired) electrons. The molecule has 0 aliphatic carbocycles. The lowest BCUT2D eigenvalue weighted by molar-refractivity contribution is -0.114. The summed E-state index contributed by atoms with van der Waals surface area (Å²) < 4.78 is 1.65. The number of benzene rings is 2. The molecule has 134 valence electrons. The number of hydrogen-bond acceptors (Lipinski definition) is 5. The van der Waals surface area contributed by atoms with Crippen LogP contribution in [-0.2, 0) is 4.79 Å². The number of carbonyl (C=O) groups excluding carboxylic acids is 2. The van der Waals surface area contributed by atoms with E-state index >= 15 is 0 Å². The Morgan fingerprint density at radius 1 is 1.04 bits per heavy atom. The lowest BCUT2D eigenvalue weighted by Crippen LogP contribution is -2.13. The highest BCUT2D eigenvalue weighted by Crippen LogP contribution is 2.24. The molecule has 2 aromatic carbocycles. The molecule has 0 fully saturated rings. The van der Waals surface area contributed by atoms with Crippen LogP contribution in [0.2, 0.25) is 0 Å². The van der Waals surface area contributed by atoms with Crippen molar-refractivity contribution in [2.45, 2.75) is 6.92 Å². The Kier molecular flexibility index (Phi) is 4.39. The van der Waals surface area contributed by atoms with Gasteiger partial charge in [-0.15, -0.1) is 5.10 Å². The number of nitrogens with one attached hydrogen (secondary N) is 2. The van der Waals surface area contributed by atoms with Gasteiger partial charge >= 0.3 is 0 Å². The van der Waals surface area contributed by atoms with E-state index in [2.05, 4.69) is 20.7 Å². The summed E-state index contributed by atoms with van der Waals surface area (Å²) in [7, 11) is 0. The highest BCUT2D eigenvalue weighted by molar-refractivity contribution is 7.20. The molecule has 0 spiro atoms. The molecule has 0 unspecified atom stereocenters. The van der Waals surface area contributed by atoms with Crippen LogP contribution < -0.4 is 10.6 Å². The second kappa shape index (κ2) is 7.00. The van der Waals surface area contributed by atoms with Crippen molar-refractivity contribution >= 4 is 38.9 Å². The largest absolute Gasteiger partial charge is 0.326 e. The van der Waals surface area contributed by atoms with Crippen molar-refractivity contribution < 1.29 is 9.59 Å². The molecule has 4 rings (SSSR count). The summed E-state index contributed by atoms with van der Waals surface area (Å²) in [5, 5.41) is 10.2. The number of aromatic nitrogens is 3. The smallest absolute Gasteiger partial charge is 0.257 e. The van der Waals surface area contributed by atoms with Crippen LogP contribution in [0, 0.1) is 0 Å². The second-order valence-electron chi connectivity index (χ2n) is 5.84. The summed E-state index contributed by atoms with van der Waals surface area (Å²) in [6.07, 6.45) is 1.83. The predicted molar refractivity (Wildman–Crippen MR) is 105 cm³/mol. The van der Waals surface area contributed by atoms with Crippen molar-refractivity contribution in [1.82, 2.24) is 14.6 Å². The first-order valence-corrected chi connectivity index (χ1v) is 9.01. The lowest BCUT2D eigenvalue weighted by atomic mass is 10.2. The first-order valence-electron chi connectivity index (χ1n) is 8.19. The van der Waals surface area contributed by atoms with Gasteiger partial charge in [0, 0.05) is 23.7 Å². The van der Waals surface area contributed by atoms with E-state index in [1.807, 2.05) is 36.5 Å². The third-order valence-corrected chi connectivity index (χ3v) is 4.62. The molecule has 0 aliphatic heterocycles. The number of hydrogen-bond donors (Lipinski definition) is 2. The normalized spacial score (nSPS) is 10.7. The number of imidazole rings is 1. The van der Waals surface area contributed by atoms with E-state index in [-0.39, 0.29) is 11.8 Å². The molecule has 0 saturated heterocycles. The highest BCUT2D eigenvalue weighted by Gasteiger charge is 2.13. The van der Waals surface area contributed by atoms with Crippen LogP contribution in [0.5, 0.6) is 0 Å². The summed E-state index contributed by atoms with van der Waals surface area (Å²) in [5.41, 5.74) is 2.83. The first-order chi connectivity index (χ1) is 13.1. The number of rotatable bonds is 4. The van der Waals surface area contributed by atoms with Gasteiger partial charge in [0.1, 0.15) is 0 Å². The molecule has 0 bridgehead atoms. The van der Waals surface area contributed by atoms with Gasteiger partial charge in [-0.3, -0.25) is 14.9 Å². The quantitative estimate of drug-likeness (QED) is 0.568. The van der Waals surface area contributed by atoms with Crippen LogP contribution in [-0.4, -0.2) is 26.4 Å². The Morgan fingerprint density at radius 2 is 1.85 bits per heavy atom. The van der Waals surface area contributed by atoms with Crippen molar-refractivity contribution in [1.29, 1.82) is 0 Å². The maximum atomic E-state index is 12.5. The SMILES string of the molecule is CC(=O)Nc1cccc(C(=O)Nc2nn3cc(-c4ccccc4)nc3s2)c1. The van der Waals surface area contributed by atoms with Gasteiger partial charge < -0.3 is 5.32 Å². The maximum Gasteiger partial charge on any atom is 0.257 e. The number of anilines is 2. The molecule has 4 aromatic rings. The van der Waals surface area contributed by atoms with Crippen LogP contribution in [0.3, 0.4) is 0 Å². The summed E-state index contributed by atoms with van der Waals surface area (Å²) in [6, 6.07) is 16.6. The summed E-state index contributed by atoms with van der Waals surface area (Å²) in [6.45, 7) is 1.42. The van der Waals surface area contributed by atoms with Crippen LogP contribution in [0.4, 0.5) is 10.8 Å². The summed E-state index contributed by atoms with van der Waals surface area (Å²) >= 11 is 1.29. The predicted octanol–water partition coefficient (Wildman–Crippen LogP) is 3.67. The Labute approximate surface area is 158 Å². The average Bonchev–Trinajstić information content (AvgIpc) is 3.20. The second-order valence-corrected chi connectivity index (χ2v) is 6.80. The van der Waals surface area contributed by atoms with E-state index < -0.39 is 0 Å². The van der Waals surface area contributed by atoms with Crippen molar-refractivity contribution in [3.05, 3.63) is 66.4 Å². The van der Waals surface area contributed by atoms with E-state index in [1.165, 1.54) is 18.3 Å². The zero-order chi connectivity index (χ0) is 18.8. The molecule has 0 atom stereocenters. The van der Waals surface area contributed by atoms with E-state index in [9.17, 15) is 9.59 Å². The summed E-state index contributed by atoms with van der Waals surface area (Å²) in [4.78, 5) is 28.8. The van der Waals surface area contributed by atoms with Gasteiger partial charge in [0.25, 0.3) is 5.91 Å². The van der Waals surface area contributed by atoms with Crippen molar-refractivity contribution in [3.63, 3.8) is 0 Å². The molecular weight excluding hydrogens is 362 g/mol. The van der Waals surface area contributed by atoms with Gasteiger partial charge in [-0.05, 0) is 18.2 Å². The minimum atomic E-state index is -0.303. The summed E-state index contributed by atoms with van der Waals surface area (Å²) in [5.74, 6) is -0.495. The Bertz CT molecular complexity index is 1100. The lowest BCUT2D eigenvalue weighted by Gasteiger charge is -2.05. The number of fused-ring (bicyclic) bond motifs is 1. The molecule has 7 nitrogen and oxygen atoms in total. The van der Waals surface area contributed by atoms with E-state index in [4.69, 9.17) is 0 Å². The third kappa shape index (κ3) is 3.70. The fourth-order valence-corrected chi connectivity index (χ4v) is 3.39. The Hall–Kier alpha value is -3.52. The minimum Gasteiger partial charge on any atom is -0.326 e. The topological polar surface area (TPSA) is 88.4 Å². The fraction of sp³-hybridized carbons (Fsp3) is 0.0526. The van der Waals surface area contributed by atoms with Gasteiger partial charge in [0.05, 0.1) is 11.9 Å². The van der Waals surface area contributed by atoms with E-state index in [0.29, 0.717) is 21.3 Å². The maximum absolute atomic E-state index is 12.5. The first kappa shape index (κ1) is 16.9. The van der Waals surface area contributed by atoms with Crippen molar-refractivity contribution in [2.24, 2.45) is 0 Å². The molecule has 0 aliphatic rings. The van der Waals surface area contributed by atoms with Crippen molar-refractivity contribution in [2.75, 3.05) is 10.6 Å². The van der Waals surface area contributed by atoms with E-state index in [0.717, 1.165) is 11.3 Å². The molecule has 2 heterocycles. The molecule has 0 saturated carbocycles. The highest BCUT2D eigenvalue weighted by atomic mass is 32.1. The zero-order valence-electron chi connectivity index (χ0n) is 14.3. The standard InChI is InChI=1S/C19H15N5O2S/c1-12(25)20-15-9-5-8-14(10-15)17(26)22-18-23-24-11-16(21-19(24)27-18)13-6-3-2-4-7-13/h2-11H,1H3,(H,20,25)(H,22,23,26). The Morgan fingerprint density at radius 3 is 2.59 bits per heavy atom. The Balaban J connectivity index is 1.52. The van der Waals surface area contributed by atoms with Gasteiger partial charge in [-0.25, -0.2) is 9.50 Å². The third-order valence-electron chi connectivity index (χ3n) is 3.78. The van der Waals surface area contributed by atoms with Gasteiger partial charge in [-0.1, -0.05) is 47.7 Å². The average molecular weight is 377 g/mol. The number of carbonyl (C=O) groups is 2. The molecule has 8 heteroatoms. The van der Waals surface area contributed by atoms with Crippen LogP contribution in [0.25, 0.3) is 16.2 Å². The van der Waals surface area contributed by atoms with Gasteiger partial charge in [0.2, 0.25) is 16.0 Å². The van der Waals surface area contributed by atoms with Crippen LogP contribution in [0.1, 0.15) is 17.3 Å². The zero-order valence-corrected chi connectivity index (χ0v) is 15.2. The molecule has 2 N–H and O–H groups in total. The van der Waals surface area contributed by atoms with Crippen molar-refractivity contribution in [3.8, 4) is 11.3 Å². The van der Waals surface area contributed by atoms with Crippen LogP contribution in [0.15, 0.2) is 60.8 Å². The fourth-order valence-electron chi connectivity index (χ4n) is 2.61. The van der Waals surface area contributed by atoms with Gasteiger partial charge in [-0.2, -0.15) is 0 Å². The molecule has 2 aromatic heterocycles. The van der Waals surface area contributed by atoms with E-state index in [1.54, 1.807) is 28.8 Å². The molecule has 27 heavy (non-hydrogen) atoms. The van der Waals surface area contributed by atoms with Crippen LogP contribution >= 0.6 is 11.3 Å². The monoisotopic (exact) mass is 377 g/mol. The molecular formula is C19H15N5O2S. The number of amides is 2. The molecule has 2 amide bonds. The number of nitrogens with zero attached hydrogens (tertiary/aromatic N) is 3. The minimum absolute atomic E-state index is 0.192.